The summed E-state index contributed by atoms with van der Waals surface area (Å²) >= 11 is 1.67. The van der Waals surface area contributed by atoms with E-state index in [1.54, 1.807) is 43.0 Å². The number of carboxylic acids is 1. The fourth-order valence-electron chi connectivity index (χ4n) is 3.60. The molecule has 7 nitrogen and oxygen atoms in total. The molecule has 0 bridgehead atoms. The van der Waals surface area contributed by atoms with Gasteiger partial charge in [-0.25, -0.2) is 9.59 Å². The first-order valence-electron chi connectivity index (χ1n) is 12.9. The van der Waals surface area contributed by atoms with Gasteiger partial charge in [0.25, 0.3) is 0 Å². The first-order chi connectivity index (χ1) is 18.7. The van der Waals surface area contributed by atoms with Crippen molar-refractivity contribution in [2.24, 2.45) is 0 Å². The highest BCUT2D eigenvalue weighted by atomic mass is 32.2. The number of hydrogen-bond donors (Lipinski definition) is 1. The Morgan fingerprint density at radius 1 is 1.00 bits per heavy atom. The molecule has 0 saturated heterocycles. The van der Waals surface area contributed by atoms with Crippen LogP contribution in [-0.2, 0) is 22.1 Å². The molecule has 216 valence electrons. The zero-order valence-electron chi connectivity index (χ0n) is 22.2. The van der Waals surface area contributed by atoms with Gasteiger partial charge in [-0.1, -0.05) is 44.0 Å². The van der Waals surface area contributed by atoms with Gasteiger partial charge in [-0.2, -0.15) is 24.9 Å². The summed E-state index contributed by atoms with van der Waals surface area (Å²) in [4.78, 5) is 25.5. The van der Waals surface area contributed by atoms with Crippen molar-refractivity contribution in [3.05, 3.63) is 59.7 Å². The van der Waals surface area contributed by atoms with E-state index in [0.29, 0.717) is 18.0 Å². The van der Waals surface area contributed by atoms with Gasteiger partial charge in [0.15, 0.2) is 6.10 Å². The topological polar surface area (TPSA) is 85.3 Å². The lowest BCUT2D eigenvalue weighted by Crippen LogP contribution is -2.38. The Bertz CT molecular complexity index is 1020. The molecular formula is C28H36F3NO6S. The van der Waals surface area contributed by atoms with E-state index in [-0.39, 0.29) is 26.2 Å². The number of para-hydroxylation sites is 1. The molecule has 0 radical (unpaired) electrons. The van der Waals surface area contributed by atoms with Crippen LogP contribution in [-0.4, -0.2) is 66.0 Å². The van der Waals surface area contributed by atoms with Crippen LogP contribution in [0.5, 0.6) is 11.5 Å². The predicted octanol–water partition coefficient (Wildman–Crippen LogP) is 6.54. The maximum atomic E-state index is 13.4. The summed E-state index contributed by atoms with van der Waals surface area (Å²) < 4.78 is 56.2. The number of hydrogen-bond acceptors (Lipinski definition) is 6. The lowest BCUT2D eigenvalue weighted by atomic mass is 10.1. The minimum absolute atomic E-state index is 0.0898. The zero-order valence-corrected chi connectivity index (χ0v) is 23.1. The summed E-state index contributed by atoms with van der Waals surface area (Å²) in [6, 6.07) is 11.5. The van der Waals surface area contributed by atoms with Crippen molar-refractivity contribution in [1.29, 1.82) is 0 Å². The fourth-order valence-corrected chi connectivity index (χ4v) is 4.56. The third-order valence-corrected chi connectivity index (χ3v) is 6.71. The number of ether oxygens (including phenoxy) is 3. The number of carbonyl (C=O) groups is 2. The number of rotatable bonds is 17. The van der Waals surface area contributed by atoms with E-state index in [2.05, 4.69) is 6.92 Å². The molecule has 0 aliphatic carbocycles. The zero-order chi connectivity index (χ0) is 28.7. The second-order valence-corrected chi connectivity index (χ2v) is 9.87. The van der Waals surface area contributed by atoms with Crippen LogP contribution < -0.4 is 9.47 Å². The van der Waals surface area contributed by atoms with E-state index >= 15 is 0 Å². The molecule has 0 spiro atoms. The number of unbranched alkanes of at least 4 members (excludes halogenated alkanes) is 2. The lowest BCUT2D eigenvalue weighted by molar-refractivity contribution is -0.150. The maximum absolute atomic E-state index is 13.4. The molecule has 11 heteroatoms. The van der Waals surface area contributed by atoms with Crippen molar-refractivity contribution in [2.75, 3.05) is 37.8 Å². The quantitative estimate of drug-likeness (QED) is 0.216. The number of benzene rings is 2. The van der Waals surface area contributed by atoms with Gasteiger partial charge < -0.3 is 24.2 Å². The van der Waals surface area contributed by atoms with Crippen molar-refractivity contribution in [1.82, 2.24) is 4.90 Å². The van der Waals surface area contributed by atoms with E-state index in [1.807, 2.05) is 0 Å². The van der Waals surface area contributed by atoms with E-state index < -0.39 is 35.7 Å². The number of alkyl halides is 3. The Balaban J connectivity index is 1.99. The molecule has 0 saturated carbocycles. The standard InChI is InChI=1S/C28H36F3NO6S/c1-3-5-8-18-39-19-16-32(27(35)38-24-10-7-6-9-23(24)28(29,30)31)15-17-37-22-13-11-21(12-14-22)20-25(26(33)34)36-4-2/h6-7,9-14,25H,3-5,8,15-20H2,1-2H3,(H,33,34). The van der Waals surface area contributed by atoms with Gasteiger partial charge in [-0.3, -0.25) is 0 Å². The molecule has 1 amide bonds. The van der Waals surface area contributed by atoms with Crippen molar-refractivity contribution in [3.8, 4) is 11.5 Å². The Morgan fingerprint density at radius 3 is 2.36 bits per heavy atom. The van der Waals surface area contributed by atoms with E-state index in [9.17, 15) is 27.9 Å². The minimum atomic E-state index is -4.65. The number of carboxylic acid groups (broad SMARTS) is 1. The molecular weight excluding hydrogens is 535 g/mol. The SMILES string of the molecule is CCCCCSCCN(CCOc1ccc(CC(OCC)C(=O)O)cc1)C(=O)Oc1ccccc1C(F)(F)F. The van der Waals surface area contributed by atoms with Crippen LogP contribution >= 0.6 is 11.8 Å². The summed E-state index contributed by atoms with van der Waals surface area (Å²) in [5.74, 6) is 0.470. The van der Waals surface area contributed by atoms with E-state index in [0.717, 1.165) is 42.7 Å². The lowest BCUT2D eigenvalue weighted by Gasteiger charge is -2.23. The minimum Gasteiger partial charge on any atom is -0.492 e. The van der Waals surface area contributed by atoms with Crippen LogP contribution in [0.4, 0.5) is 18.0 Å². The fraction of sp³-hybridized carbons (Fsp3) is 0.500. The molecule has 0 aliphatic rings. The van der Waals surface area contributed by atoms with Crippen LogP contribution in [0.3, 0.4) is 0 Å². The normalized spacial score (nSPS) is 12.1. The summed E-state index contributed by atoms with van der Waals surface area (Å²) in [5.41, 5.74) is -0.255. The average molecular weight is 572 g/mol. The van der Waals surface area contributed by atoms with E-state index in [1.165, 1.54) is 17.0 Å². The highest BCUT2D eigenvalue weighted by Crippen LogP contribution is 2.36. The highest BCUT2D eigenvalue weighted by molar-refractivity contribution is 7.99. The Kier molecular flexibility index (Phi) is 14.0. The molecule has 0 fully saturated rings. The third kappa shape index (κ3) is 11.8. The van der Waals surface area contributed by atoms with Gasteiger partial charge in [-0.05, 0) is 48.9 Å². The van der Waals surface area contributed by atoms with Crippen LogP contribution in [0.1, 0.15) is 44.2 Å². The van der Waals surface area contributed by atoms with Crippen LogP contribution in [0.25, 0.3) is 0 Å². The smallest absolute Gasteiger partial charge is 0.419 e. The first-order valence-corrected chi connectivity index (χ1v) is 14.1. The van der Waals surface area contributed by atoms with Gasteiger partial charge in [0, 0.05) is 25.3 Å². The van der Waals surface area contributed by atoms with Crippen molar-refractivity contribution in [2.45, 2.75) is 51.8 Å². The Morgan fingerprint density at radius 2 is 1.72 bits per heavy atom. The second-order valence-electron chi connectivity index (χ2n) is 8.65. The molecule has 2 rings (SSSR count). The number of nitrogens with zero attached hydrogens (tertiary/aromatic N) is 1. The number of thioether (sulfide) groups is 1. The van der Waals surface area contributed by atoms with Gasteiger partial charge in [-0.15, -0.1) is 0 Å². The molecule has 2 aromatic carbocycles. The predicted molar refractivity (Wildman–Crippen MR) is 145 cm³/mol. The number of carbonyl (C=O) groups excluding carboxylic acids is 1. The molecule has 2 aromatic rings. The molecule has 1 atom stereocenters. The van der Waals surface area contributed by atoms with Gasteiger partial charge in [0.2, 0.25) is 0 Å². The highest BCUT2D eigenvalue weighted by Gasteiger charge is 2.35. The Hall–Kier alpha value is -2.92. The van der Waals surface area contributed by atoms with Crippen LogP contribution in [0.2, 0.25) is 0 Å². The Labute approximate surface area is 231 Å². The number of halogens is 3. The van der Waals surface area contributed by atoms with Crippen molar-refractivity contribution < 1.29 is 42.1 Å². The molecule has 39 heavy (non-hydrogen) atoms. The molecule has 0 aromatic heterocycles. The van der Waals surface area contributed by atoms with Crippen LogP contribution in [0.15, 0.2) is 48.5 Å². The van der Waals surface area contributed by atoms with Gasteiger partial charge in [0.1, 0.15) is 18.1 Å². The molecule has 0 heterocycles. The van der Waals surface area contributed by atoms with Crippen molar-refractivity contribution >= 4 is 23.8 Å². The van der Waals surface area contributed by atoms with Gasteiger partial charge >= 0.3 is 18.2 Å². The molecule has 1 unspecified atom stereocenters. The summed E-state index contributed by atoms with van der Waals surface area (Å²) in [5, 5.41) is 9.25. The average Bonchev–Trinajstić information content (AvgIpc) is 2.89. The van der Waals surface area contributed by atoms with Crippen molar-refractivity contribution in [3.63, 3.8) is 0 Å². The molecule has 1 N–H and O–H groups in total. The summed E-state index contributed by atoms with van der Waals surface area (Å²) in [6.45, 7) is 4.62. The van der Waals surface area contributed by atoms with Crippen LogP contribution in [0, 0.1) is 0 Å². The van der Waals surface area contributed by atoms with E-state index in [4.69, 9.17) is 14.2 Å². The maximum Gasteiger partial charge on any atom is 0.419 e. The summed E-state index contributed by atoms with van der Waals surface area (Å²) in [7, 11) is 0. The monoisotopic (exact) mass is 571 g/mol. The molecule has 0 aliphatic heterocycles. The largest absolute Gasteiger partial charge is 0.492 e. The number of aliphatic carboxylic acids is 1. The first kappa shape index (κ1) is 32.3. The summed E-state index contributed by atoms with van der Waals surface area (Å²) in [6.07, 6.45) is -3.00. The number of amides is 1. The third-order valence-electron chi connectivity index (χ3n) is 5.66. The van der Waals surface area contributed by atoms with Gasteiger partial charge in [0.05, 0.1) is 12.1 Å². The second kappa shape index (κ2) is 16.9.